The summed E-state index contributed by atoms with van der Waals surface area (Å²) in [6, 6.07) is 9.87. The van der Waals surface area contributed by atoms with Gasteiger partial charge in [0, 0.05) is 16.3 Å². The average molecular weight is 265 g/mol. The molecule has 0 aliphatic heterocycles. The Balaban J connectivity index is 2.58. The van der Waals surface area contributed by atoms with Gasteiger partial charge in [0.1, 0.15) is 11.6 Å². The fraction of sp³-hybridized carbons (Fsp3) is 0. The maximum absolute atomic E-state index is 11.5. The summed E-state index contributed by atoms with van der Waals surface area (Å²) >= 11 is 11.8. The molecule has 0 aliphatic carbocycles. The van der Waals surface area contributed by atoms with Crippen molar-refractivity contribution in [3.63, 3.8) is 0 Å². The number of nitriles is 1. The fourth-order valence-electron chi connectivity index (χ4n) is 1.43. The van der Waals surface area contributed by atoms with Gasteiger partial charge in [-0.3, -0.25) is 4.79 Å². The Bertz CT molecular complexity index is 671. The topological polar surface area (TPSA) is 56.6 Å². The van der Waals surface area contributed by atoms with Crippen molar-refractivity contribution >= 4 is 23.2 Å². The SMILES string of the molecule is N#Cc1ccc(-c2ccc(Cl)cc2Cl)[nH]c1=O. The molecule has 17 heavy (non-hydrogen) atoms. The number of hydrogen-bond donors (Lipinski definition) is 1. The van der Waals surface area contributed by atoms with E-state index >= 15 is 0 Å². The second-order valence-electron chi connectivity index (χ2n) is 3.35. The summed E-state index contributed by atoms with van der Waals surface area (Å²) in [7, 11) is 0. The molecule has 0 spiro atoms. The molecule has 1 aromatic carbocycles. The van der Waals surface area contributed by atoms with Crippen LogP contribution in [0.3, 0.4) is 0 Å². The Hall–Kier alpha value is -1.76. The Morgan fingerprint density at radius 2 is 1.94 bits per heavy atom. The molecular formula is C12H6Cl2N2O. The first-order valence-corrected chi connectivity index (χ1v) is 5.46. The van der Waals surface area contributed by atoms with E-state index in [2.05, 4.69) is 4.98 Å². The monoisotopic (exact) mass is 264 g/mol. The van der Waals surface area contributed by atoms with Crippen molar-refractivity contribution in [3.05, 3.63) is 56.3 Å². The van der Waals surface area contributed by atoms with E-state index in [0.717, 1.165) is 0 Å². The molecule has 0 fully saturated rings. The van der Waals surface area contributed by atoms with Gasteiger partial charge in [-0.2, -0.15) is 5.26 Å². The van der Waals surface area contributed by atoms with Gasteiger partial charge in [-0.25, -0.2) is 0 Å². The van der Waals surface area contributed by atoms with Gasteiger partial charge in [-0.15, -0.1) is 0 Å². The van der Waals surface area contributed by atoms with Gasteiger partial charge >= 0.3 is 0 Å². The smallest absolute Gasteiger partial charge is 0.266 e. The molecule has 1 heterocycles. The molecule has 2 rings (SSSR count). The van der Waals surface area contributed by atoms with Gasteiger partial charge in [0.05, 0.1) is 5.02 Å². The second-order valence-corrected chi connectivity index (χ2v) is 4.19. The molecule has 0 bridgehead atoms. The number of benzene rings is 1. The summed E-state index contributed by atoms with van der Waals surface area (Å²) in [6.07, 6.45) is 0. The summed E-state index contributed by atoms with van der Waals surface area (Å²) in [5.41, 5.74) is 0.850. The average Bonchev–Trinajstić information content (AvgIpc) is 2.29. The zero-order valence-corrected chi connectivity index (χ0v) is 10.0. The minimum absolute atomic E-state index is 0.0684. The predicted octanol–water partition coefficient (Wildman–Crippen LogP) is 3.22. The summed E-state index contributed by atoms with van der Waals surface area (Å²) < 4.78 is 0. The molecular weight excluding hydrogens is 259 g/mol. The number of pyridine rings is 1. The van der Waals surface area contributed by atoms with Crippen molar-refractivity contribution in [2.45, 2.75) is 0 Å². The highest BCUT2D eigenvalue weighted by Gasteiger charge is 2.06. The highest BCUT2D eigenvalue weighted by atomic mass is 35.5. The molecule has 0 amide bonds. The van der Waals surface area contributed by atoms with E-state index in [1.54, 1.807) is 30.3 Å². The first kappa shape index (κ1) is 11.7. The Morgan fingerprint density at radius 3 is 2.53 bits per heavy atom. The third-order valence-corrected chi connectivity index (χ3v) is 2.80. The lowest BCUT2D eigenvalue weighted by Gasteiger charge is -2.04. The highest BCUT2D eigenvalue weighted by Crippen LogP contribution is 2.28. The molecule has 2 aromatic rings. The fourth-order valence-corrected chi connectivity index (χ4v) is 1.94. The summed E-state index contributed by atoms with van der Waals surface area (Å²) in [5, 5.41) is 9.62. The molecule has 84 valence electrons. The maximum atomic E-state index is 11.5. The first-order chi connectivity index (χ1) is 8.11. The van der Waals surface area contributed by atoms with Gasteiger partial charge in [0.25, 0.3) is 5.56 Å². The molecule has 3 nitrogen and oxygen atoms in total. The lowest BCUT2D eigenvalue weighted by molar-refractivity contribution is 1.22. The number of aromatic nitrogens is 1. The van der Waals surface area contributed by atoms with Crippen LogP contribution >= 0.6 is 23.2 Å². The van der Waals surface area contributed by atoms with Gasteiger partial charge in [0.15, 0.2) is 0 Å². The van der Waals surface area contributed by atoms with Crippen LogP contribution in [0.5, 0.6) is 0 Å². The van der Waals surface area contributed by atoms with E-state index < -0.39 is 5.56 Å². The van der Waals surface area contributed by atoms with Crippen LogP contribution in [0.1, 0.15) is 5.56 Å². The van der Waals surface area contributed by atoms with Gasteiger partial charge in [0.2, 0.25) is 0 Å². The van der Waals surface area contributed by atoms with E-state index in [1.807, 2.05) is 0 Å². The highest BCUT2D eigenvalue weighted by molar-refractivity contribution is 6.36. The van der Waals surface area contributed by atoms with Crippen molar-refractivity contribution in [2.24, 2.45) is 0 Å². The minimum Gasteiger partial charge on any atom is -0.321 e. The normalized spacial score (nSPS) is 9.94. The zero-order valence-electron chi connectivity index (χ0n) is 8.50. The Morgan fingerprint density at radius 1 is 1.18 bits per heavy atom. The number of aromatic amines is 1. The van der Waals surface area contributed by atoms with Gasteiger partial charge < -0.3 is 4.98 Å². The van der Waals surface area contributed by atoms with Crippen LogP contribution in [0.15, 0.2) is 35.1 Å². The third kappa shape index (κ3) is 2.33. The predicted molar refractivity (Wildman–Crippen MR) is 67.2 cm³/mol. The van der Waals surface area contributed by atoms with Crippen LogP contribution < -0.4 is 5.56 Å². The first-order valence-electron chi connectivity index (χ1n) is 4.70. The van der Waals surface area contributed by atoms with E-state index in [4.69, 9.17) is 28.5 Å². The largest absolute Gasteiger partial charge is 0.321 e. The second kappa shape index (κ2) is 4.62. The Kier molecular flexibility index (Phi) is 3.19. The number of nitrogens with one attached hydrogen (secondary N) is 1. The molecule has 0 saturated carbocycles. The van der Waals surface area contributed by atoms with Crippen molar-refractivity contribution in [1.29, 1.82) is 5.26 Å². The molecule has 5 heteroatoms. The van der Waals surface area contributed by atoms with Crippen LogP contribution in [-0.4, -0.2) is 4.98 Å². The third-order valence-electron chi connectivity index (χ3n) is 2.25. The van der Waals surface area contributed by atoms with Crippen molar-refractivity contribution in [2.75, 3.05) is 0 Å². The molecule has 0 saturated heterocycles. The van der Waals surface area contributed by atoms with E-state index in [1.165, 1.54) is 6.07 Å². The summed E-state index contributed by atoms with van der Waals surface area (Å²) in [6.45, 7) is 0. The van der Waals surface area contributed by atoms with Crippen LogP contribution in [0, 0.1) is 11.3 Å². The van der Waals surface area contributed by atoms with Gasteiger partial charge in [-0.05, 0) is 30.3 Å². The van der Waals surface area contributed by atoms with E-state index in [-0.39, 0.29) is 5.56 Å². The lowest BCUT2D eigenvalue weighted by Crippen LogP contribution is -2.10. The van der Waals surface area contributed by atoms with Crippen LogP contribution in [0.4, 0.5) is 0 Å². The standard InChI is InChI=1S/C12H6Cl2N2O/c13-8-2-3-9(10(14)5-8)11-4-1-7(6-15)12(17)16-11/h1-5H,(H,16,17). The van der Waals surface area contributed by atoms with Crippen molar-refractivity contribution < 1.29 is 0 Å². The van der Waals surface area contributed by atoms with Crippen LogP contribution in [0.2, 0.25) is 10.0 Å². The number of rotatable bonds is 1. The molecule has 0 atom stereocenters. The van der Waals surface area contributed by atoms with E-state index in [9.17, 15) is 4.79 Å². The number of H-pyrrole nitrogens is 1. The summed E-state index contributed by atoms with van der Waals surface area (Å²) in [5.74, 6) is 0. The van der Waals surface area contributed by atoms with Crippen LogP contribution in [-0.2, 0) is 0 Å². The molecule has 1 aromatic heterocycles. The Labute approximate surface area is 107 Å². The van der Waals surface area contributed by atoms with E-state index in [0.29, 0.717) is 21.3 Å². The number of halogens is 2. The molecule has 1 N–H and O–H groups in total. The molecule has 0 radical (unpaired) electrons. The van der Waals surface area contributed by atoms with Crippen molar-refractivity contribution in [1.82, 2.24) is 4.98 Å². The molecule has 0 unspecified atom stereocenters. The molecule has 0 aliphatic rings. The maximum Gasteiger partial charge on any atom is 0.266 e. The number of nitrogens with zero attached hydrogens (tertiary/aromatic N) is 1. The summed E-state index contributed by atoms with van der Waals surface area (Å²) in [4.78, 5) is 14.1. The quantitative estimate of drug-likeness (QED) is 0.860. The zero-order chi connectivity index (χ0) is 12.4. The van der Waals surface area contributed by atoms with Crippen LogP contribution in [0.25, 0.3) is 11.3 Å². The minimum atomic E-state index is -0.434. The van der Waals surface area contributed by atoms with Gasteiger partial charge in [-0.1, -0.05) is 23.2 Å². The number of hydrogen-bond acceptors (Lipinski definition) is 2. The lowest BCUT2D eigenvalue weighted by atomic mass is 10.1. The van der Waals surface area contributed by atoms with Crippen molar-refractivity contribution in [3.8, 4) is 17.3 Å².